The second-order valence-electron chi connectivity index (χ2n) is 7.32. The summed E-state index contributed by atoms with van der Waals surface area (Å²) in [6.07, 6.45) is 1.45. The first-order valence-electron chi connectivity index (χ1n) is 10.2. The molecule has 2 N–H and O–H groups in total. The summed E-state index contributed by atoms with van der Waals surface area (Å²) in [4.78, 5) is 26.4. The normalized spacial score (nSPS) is 11.6. The second kappa shape index (κ2) is 10.4. The molecule has 0 saturated carbocycles. The molecule has 5 nitrogen and oxygen atoms in total. The number of hydrogen-bond donors (Lipinski definition) is 2. The van der Waals surface area contributed by atoms with E-state index in [0.717, 1.165) is 16.0 Å². The van der Waals surface area contributed by atoms with Crippen molar-refractivity contribution in [1.82, 2.24) is 0 Å². The average molecular weight is 477 g/mol. The fourth-order valence-electron chi connectivity index (χ4n) is 3.16. The van der Waals surface area contributed by atoms with Crippen LogP contribution >= 0.6 is 23.4 Å². The number of carbonyl (C=O) groups excluding carboxylic acids is 2. The minimum Gasteiger partial charge on any atom is -0.459 e. The third-order valence-electron chi connectivity index (χ3n) is 4.87. The van der Waals surface area contributed by atoms with Crippen LogP contribution in [0.2, 0.25) is 5.02 Å². The van der Waals surface area contributed by atoms with E-state index in [1.165, 1.54) is 18.0 Å². The van der Waals surface area contributed by atoms with Gasteiger partial charge in [-0.15, -0.1) is 11.8 Å². The van der Waals surface area contributed by atoms with Crippen LogP contribution in [0.15, 0.2) is 101 Å². The lowest BCUT2D eigenvalue weighted by atomic mass is 10.1. The maximum Gasteiger partial charge on any atom is 0.291 e. The molecule has 0 fully saturated rings. The van der Waals surface area contributed by atoms with Gasteiger partial charge in [0.1, 0.15) is 5.25 Å². The molecule has 0 saturated heterocycles. The van der Waals surface area contributed by atoms with Gasteiger partial charge in [-0.3, -0.25) is 9.59 Å². The van der Waals surface area contributed by atoms with Crippen LogP contribution in [0, 0.1) is 6.92 Å². The molecule has 1 aromatic heterocycles. The lowest BCUT2D eigenvalue weighted by Crippen LogP contribution is -2.19. The lowest BCUT2D eigenvalue weighted by molar-refractivity contribution is -0.115. The van der Waals surface area contributed by atoms with Crippen molar-refractivity contribution in [3.8, 4) is 0 Å². The van der Waals surface area contributed by atoms with Crippen LogP contribution in [0.5, 0.6) is 0 Å². The number of halogens is 1. The molecule has 33 heavy (non-hydrogen) atoms. The predicted molar refractivity (Wildman–Crippen MR) is 133 cm³/mol. The van der Waals surface area contributed by atoms with Gasteiger partial charge in [-0.05, 0) is 60.5 Å². The molecule has 0 aliphatic carbocycles. The first-order valence-corrected chi connectivity index (χ1v) is 11.5. The highest BCUT2D eigenvalue weighted by Crippen LogP contribution is 2.37. The highest BCUT2D eigenvalue weighted by Gasteiger charge is 2.23. The molecule has 3 aromatic carbocycles. The van der Waals surface area contributed by atoms with E-state index < -0.39 is 5.25 Å². The highest BCUT2D eigenvalue weighted by molar-refractivity contribution is 8.00. The lowest BCUT2D eigenvalue weighted by Gasteiger charge is -2.18. The molecule has 166 valence electrons. The Balaban J connectivity index is 1.55. The highest BCUT2D eigenvalue weighted by atomic mass is 35.5. The van der Waals surface area contributed by atoms with Gasteiger partial charge in [0.15, 0.2) is 5.76 Å². The quantitative estimate of drug-likeness (QED) is 0.283. The van der Waals surface area contributed by atoms with Crippen molar-refractivity contribution in [2.75, 3.05) is 10.6 Å². The Morgan fingerprint density at radius 3 is 2.39 bits per heavy atom. The summed E-state index contributed by atoms with van der Waals surface area (Å²) in [6, 6.07) is 25.6. The van der Waals surface area contributed by atoms with E-state index in [4.69, 9.17) is 16.0 Å². The number of nitrogens with one attached hydrogen (secondary N) is 2. The largest absolute Gasteiger partial charge is 0.459 e. The summed E-state index contributed by atoms with van der Waals surface area (Å²) in [5.41, 5.74) is 3.05. The van der Waals surface area contributed by atoms with Gasteiger partial charge in [0.25, 0.3) is 5.91 Å². The molecule has 0 aliphatic rings. The third kappa shape index (κ3) is 5.86. The Labute approximate surface area is 201 Å². The zero-order valence-corrected chi connectivity index (χ0v) is 19.3. The van der Waals surface area contributed by atoms with Gasteiger partial charge in [-0.25, -0.2) is 0 Å². The Kier molecular flexibility index (Phi) is 7.17. The van der Waals surface area contributed by atoms with Crippen molar-refractivity contribution in [1.29, 1.82) is 0 Å². The molecular formula is C26H21ClN2O3S. The summed E-state index contributed by atoms with van der Waals surface area (Å²) in [5.74, 6) is -0.279. The molecule has 2 amide bonds. The smallest absolute Gasteiger partial charge is 0.291 e. The Bertz CT molecular complexity index is 1260. The van der Waals surface area contributed by atoms with Crippen LogP contribution < -0.4 is 10.6 Å². The Morgan fingerprint density at radius 2 is 1.67 bits per heavy atom. The van der Waals surface area contributed by atoms with Crippen molar-refractivity contribution in [3.63, 3.8) is 0 Å². The summed E-state index contributed by atoms with van der Waals surface area (Å²) >= 11 is 7.62. The maximum atomic E-state index is 13.3. The van der Waals surface area contributed by atoms with Crippen LogP contribution in [-0.2, 0) is 4.79 Å². The predicted octanol–water partition coefficient (Wildman–Crippen LogP) is 6.97. The molecule has 1 heterocycles. The Morgan fingerprint density at radius 1 is 0.879 bits per heavy atom. The molecule has 4 aromatic rings. The van der Waals surface area contributed by atoms with Gasteiger partial charge in [0, 0.05) is 21.3 Å². The molecule has 7 heteroatoms. The summed E-state index contributed by atoms with van der Waals surface area (Å²) in [7, 11) is 0. The molecule has 1 unspecified atom stereocenters. The third-order valence-corrected chi connectivity index (χ3v) is 6.53. The first kappa shape index (κ1) is 22.7. The minimum atomic E-state index is -0.512. The van der Waals surface area contributed by atoms with E-state index in [9.17, 15) is 9.59 Å². The maximum absolute atomic E-state index is 13.3. The number of aryl methyl sites for hydroxylation is 1. The molecule has 0 aliphatic heterocycles. The van der Waals surface area contributed by atoms with Crippen molar-refractivity contribution < 1.29 is 14.0 Å². The van der Waals surface area contributed by atoms with Gasteiger partial charge < -0.3 is 15.1 Å². The summed E-state index contributed by atoms with van der Waals surface area (Å²) in [5, 5.41) is 5.87. The van der Waals surface area contributed by atoms with Crippen molar-refractivity contribution in [3.05, 3.63) is 113 Å². The molecule has 0 radical (unpaired) electrons. The van der Waals surface area contributed by atoms with Gasteiger partial charge in [0.05, 0.1) is 6.26 Å². The number of amides is 2. The SMILES string of the molecule is Cc1ccc(NC(=O)C(Sc2cccc(NC(=O)c3ccco3)c2)c2ccccc2)cc1Cl. The van der Waals surface area contributed by atoms with Crippen LogP contribution in [0.4, 0.5) is 11.4 Å². The standard InChI is InChI=1S/C26H21ClN2O3S/c1-17-12-13-20(16-22(17)27)29-26(31)24(18-7-3-2-4-8-18)33-21-10-5-9-19(15-21)28-25(30)23-11-6-14-32-23/h2-16,24H,1H3,(H,28,30)(H,29,31). The van der Waals surface area contributed by atoms with Crippen molar-refractivity contribution in [2.45, 2.75) is 17.1 Å². The molecule has 0 bridgehead atoms. The van der Waals surface area contributed by atoms with Crippen LogP contribution in [0.25, 0.3) is 0 Å². The molecule has 4 rings (SSSR count). The number of rotatable bonds is 7. The van der Waals surface area contributed by atoms with Crippen molar-refractivity contribution >= 4 is 46.6 Å². The van der Waals surface area contributed by atoms with E-state index in [1.54, 1.807) is 24.3 Å². The van der Waals surface area contributed by atoms with E-state index in [-0.39, 0.29) is 17.6 Å². The molecule has 1 atom stereocenters. The fourth-order valence-corrected chi connectivity index (χ4v) is 4.43. The van der Waals surface area contributed by atoms with Crippen LogP contribution in [-0.4, -0.2) is 11.8 Å². The van der Waals surface area contributed by atoms with E-state index in [1.807, 2.05) is 67.6 Å². The van der Waals surface area contributed by atoms with E-state index >= 15 is 0 Å². The number of benzene rings is 3. The summed E-state index contributed by atoms with van der Waals surface area (Å²) < 4.78 is 5.14. The van der Waals surface area contributed by atoms with Gasteiger partial charge in [0.2, 0.25) is 5.91 Å². The zero-order valence-electron chi connectivity index (χ0n) is 17.7. The van der Waals surface area contributed by atoms with Gasteiger partial charge in [-0.2, -0.15) is 0 Å². The van der Waals surface area contributed by atoms with Gasteiger partial charge in [-0.1, -0.05) is 54.1 Å². The second-order valence-corrected chi connectivity index (χ2v) is 8.91. The number of carbonyl (C=O) groups is 2. The monoisotopic (exact) mass is 476 g/mol. The average Bonchev–Trinajstić information content (AvgIpc) is 3.36. The first-order chi connectivity index (χ1) is 16.0. The minimum absolute atomic E-state index is 0.170. The Hall–Kier alpha value is -3.48. The number of thioether (sulfide) groups is 1. The van der Waals surface area contributed by atoms with E-state index in [2.05, 4.69) is 10.6 Å². The topological polar surface area (TPSA) is 71.3 Å². The molecular weight excluding hydrogens is 456 g/mol. The number of anilines is 2. The van der Waals surface area contributed by atoms with Crippen molar-refractivity contribution in [2.24, 2.45) is 0 Å². The number of furan rings is 1. The fraction of sp³-hybridized carbons (Fsp3) is 0.0769. The zero-order chi connectivity index (χ0) is 23.2. The number of hydrogen-bond acceptors (Lipinski definition) is 4. The van der Waals surface area contributed by atoms with Crippen LogP contribution in [0.3, 0.4) is 0 Å². The summed E-state index contributed by atoms with van der Waals surface area (Å²) in [6.45, 7) is 1.91. The van der Waals surface area contributed by atoms with Gasteiger partial charge >= 0.3 is 0 Å². The van der Waals surface area contributed by atoms with E-state index in [0.29, 0.717) is 16.4 Å². The van der Waals surface area contributed by atoms with Crippen LogP contribution in [0.1, 0.15) is 26.9 Å². The molecule has 0 spiro atoms.